The second-order valence-electron chi connectivity index (χ2n) is 6.62. The SMILES string of the molecule is CC(C)c1nc2cc(N)ccc2n1CC1(C)CCC1. The quantitative estimate of drug-likeness (QED) is 0.847. The molecule has 1 fully saturated rings. The molecule has 0 aliphatic heterocycles. The second-order valence-corrected chi connectivity index (χ2v) is 6.62. The highest BCUT2D eigenvalue weighted by Crippen LogP contribution is 2.43. The van der Waals surface area contributed by atoms with Gasteiger partial charge in [0, 0.05) is 18.2 Å². The summed E-state index contributed by atoms with van der Waals surface area (Å²) in [4.78, 5) is 4.80. The lowest BCUT2D eigenvalue weighted by Gasteiger charge is -2.39. The Labute approximate surface area is 114 Å². The van der Waals surface area contributed by atoms with Gasteiger partial charge in [-0.25, -0.2) is 4.98 Å². The van der Waals surface area contributed by atoms with E-state index >= 15 is 0 Å². The second kappa shape index (κ2) is 4.26. The Kier molecular flexibility index (Phi) is 2.80. The van der Waals surface area contributed by atoms with Crippen LogP contribution < -0.4 is 5.73 Å². The van der Waals surface area contributed by atoms with Gasteiger partial charge >= 0.3 is 0 Å². The van der Waals surface area contributed by atoms with Gasteiger partial charge in [0.05, 0.1) is 11.0 Å². The van der Waals surface area contributed by atoms with E-state index in [-0.39, 0.29) is 0 Å². The average molecular weight is 257 g/mol. The van der Waals surface area contributed by atoms with Crippen molar-refractivity contribution in [1.82, 2.24) is 9.55 Å². The summed E-state index contributed by atoms with van der Waals surface area (Å²) >= 11 is 0. The molecule has 3 heteroatoms. The van der Waals surface area contributed by atoms with E-state index in [2.05, 4.69) is 31.4 Å². The molecule has 0 unspecified atom stereocenters. The number of nitrogens with two attached hydrogens (primary N) is 1. The molecule has 1 aromatic heterocycles. The van der Waals surface area contributed by atoms with Crippen LogP contribution in [-0.2, 0) is 6.54 Å². The van der Waals surface area contributed by atoms with Gasteiger partial charge in [-0.1, -0.05) is 27.2 Å². The molecule has 0 atom stereocenters. The van der Waals surface area contributed by atoms with Gasteiger partial charge in [0.15, 0.2) is 0 Å². The topological polar surface area (TPSA) is 43.8 Å². The summed E-state index contributed by atoms with van der Waals surface area (Å²) in [6.07, 6.45) is 4.03. The van der Waals surface area contributed by atoms with E-state index in [9.17, 15) is 0 Å². The lowest BCUT2D eigenvalue weighted by Crippen LogP contribution is -2.31. The van der Waals surface area contributed by atoms with Gasteiger partial charge in [0.2, 0.25) is 0 Å². The highest BCUT2D eigenvalue weighted by Gasteiger charge is 2.33. The van der Waals surface area contributed by atoms with Gasteiger partial charge in [0.25, 0.3) is 0 Å². The molecule has 0 radical (unpaired) electrons. The van der Waals surface area contributed by atoms with Crippen molar-refractivity contribution in [3.8, 4) is 0 Å². The number of aromatic nitrogens is 2. The first-order chi connectivity index (χ1) is 8.98. The van der Waals surface area contributed by atoms with Gasteiger partial charge in [-0.3, -0.25) is 0 Å². The van der Waals surface area contributed by atoms with Crippen molar-refractivity contribution in [3.63, 3.8) is 0 Å². The summed E-state index contributed by atoms with van der Waals surface area (Å²) in [5, 5.41) is 0. The number of benzene rings is 1. The minimum absolute atomic E-state index is 0.442. The van der Waals surface area contributed by atoms with Gasteiger partial charge in [-0.2, -0.15) is 0 Å². The largest absolute Gasteiger partial charge is 0.399 e. The maximum atomic E-state index is 5.87. The van der Waals surface area contributed by atoms with E-state index in [4.69, 9.17) is 10.7 Å². The molecule has 102 valence electrons. The molecule has 1 saturated carbocycles. The molecule has 3 nitrogen and oxygen atoms in total. The molecule has 2 aromatic rings. The van der Waals surface area contributed by atoms with Crippen molar-refractivity contribution in [2.75, 3.05) is 5.73 Å². The van der Waals surface area contributed by atoms with Crippen LogP contribution in [0.5, 0.6) is 0 Å². The van der Waals surface area contributed by atoms with Crippen LogP contribution in [0.1, 0.15) is 51.8 Å². The third-order valence-electron chi connectivity index (χ3n) is 4.42. The standard InChI is InChI=1S/C16H23N3/c1-11(2)15-18-13-9-12(17)5-6-14(13)19(15)10-16(3)7-4-8-16/h5-6,9,11H,4,7-8,10,17H2,1-3H3. The monoisotopic (exact) mass is 257 g/mol. The van der Waals surface area contributed by atoms with E-state index in [1.807, 2.05) is 12.1 Å². The number of anilines is 1. The normalized spacial score (nSPS) is 17.9. The molecule has 1 aromatic carbocycles. The van der Waals surface area contributed by atoms with Crippen molar-refractivity contribution in [3.05, 3.63) is 24.0 Å². The van der Waals surface area contributed by atoms with Crippen LogP contribution in [0.4, 0.5) is 5.69 Å². The summed E-state index contributed by atoms with van der Waals surface area (Å²) in [5.41, 5.74) is 9.39. The molecule has 19 heavy (non-hydrogen) atoms. The Balaban J connectivity index is 2.11. The first kappa shape index (κ1) is 12.5. The molecule has 0 amide bonds. The number of fused-ring (bicyclic) bond motifs is 1. The fourth-order valence-electron chi connectivity index (χ4n) is 3.09. The fraction of sp³-hybridized carbons (Fsp3) is 0.562. The zero-order chi connectivity index (χ0) is 13.6. The summed E-state index contributed by atoms with van der Waals surface area (Å²) in [5.74, 6) is 1.63. The summed E-state index contributed by atoms with van der Waals surface area (Å²) < 4.78 is 2.42. The molecule has 0 saturated heterocycles. The number of hydrogen-bond acceptors (Lipinski definition) is 2. The van der Waals surface area contributed by atoms with Crippen molar-refractivity contribution in [1.29, 1.82) is 0 Å². The smallest absolute Gasteiger partial charge is 0.112 e. The number of nitrogens with zero attached hydrogens (tertiary/aromatic N) is 2. The molecule has 2 N–H and O–H groups in total. The fourth-order valence-corrected chi connectivity index (χ4v) is 3.09. The minimum Gasteiger partial charge on any atom is -0.399 e. The van der Waals surface area contributed by atoms with Crippen LogP contribution in [0.15, 0.2) is 18.2 Å². The Hall–Kier alpha value is -1.51. The third-order valence-corrected chi connectivity index (χ3v) is 4.42. The van der Waals surface area contributed by atoms with Gasteiger partial charge < -0.3 is 10.3 Å². The molecule has 3 rings (SSSR count). The maximum Gasteiger partial charge on any atom is 0.112 e. The summed E-state index contributed by atoms with van der Waals surface area (Å²) in [7, 11) is 0. The van der Waals surface area contributed by atoms with Gasteiger partial charge in [0.1, 0.15) is 5.82 Å². The van der Waals surface area contributed by atoms with Gasteiger partial charge in [-0.15, -0.1) is 0 Å². The van der Waals surface area contributed by atoms with Crippen molar-refractivity contribution in [2.24, 2.45) is 5.41 Å². The summed E-state index contributed by atoms with van der Waals surface area (Å²) in [6.45, 7) is 7.90. The van der Waals surface area contributed by atoms with Crippen LogP contribution in [0.3, 0.4) is 0 Å². The zero-order valence-electron chi connectivity index (χ0n) is 12.1. The predicted molar refractivity (Wildman–Crippen MR) is 80.2 cm³/mol. The molecular formula is C16H23N3. The van der Waals surface area contributed by atoms with Crippen LogP contribution in [-0.4, -0.2) is 9.55 Å². The lowest BCUT2D eigenvalue weighted by molar-refractivity contribution is 0.132. The number of hydrogen-bond donors (Lipinski definition) is 1. The van der Waals surface area contributed by atoms with Gasteiger partial charge in [-0.05, 0) is 36.5 Å². The summed E-state index contributed by atoms with van der Waals surface area (Å²) in [6, 6.07) is 6.08. The Morgan fingerprint density at radius 2 is 2.11 bits per heavy atom. The van der Waals surface area contributed by atoms with E-state index < -0.39 is 0 Å². The lowest BCUT2D eigenvalue weighted by atomic mass is 9.70. The average Bonchev–Trinajstić information content (AvgIpc) is 2.65. The van der Waals surface area contributed by atoms with Crippen molar-refractivity contribution >= 4 is 16.7 Å². The van der Waals surface area contributed by atoms with E-state index in [0.717, 1.165) is 17.7 Å². The predicted octanol–water partition coefficient (Wildman–Crippen LogP) is 3.93. The van der Waals surface area contributed by atoms with Crippen LogP contribution in [0.2, 0.25) is 0 Å². The van der Waals surface area contributed by atoms with Crippen molar-refractivity contribution in [2.45, 2.75) is 52.5 Å². The van der Waals surface area contributed by atoms with E-state index in [1.165, 1.54) is 30.6 Å². The van der Waals surface area contributed by atoms with Crippen molar-refractivity contribution < 1.29 is 0 Å². The highest BCUT2D eigenvalue weighted by molar-refractivity contribution is 5.79. The zero-order valence-corrected chi connectivity index (χ0v) is 12.1. The Bertz CT molecular complexity index is 606. The minimum atomic E-state index is 0.442. The molecule has 1 aliphatic carbocycles. The number of rotatable bonds is 3. The van der Waals surface area contributed by atoms with Crippen LogP contribution >= 0.6 is 0 Å². The number of nitrogen functional groups attached to an aromatic ring is 1. The molecule has 1 heterocycles. The molecule has 0 spiro atoms. The van der Waals surface area contributed by atoms with Crippen LogP contribution in [0, 0.1) is 5.41 Å². The van der Waals surface area contributed by atoms with Crippen LogP contribution in [0.25, 0.3) is 11.0 Å². The Morgan fingerprint density at radius 1 is 1.37 bits per heavy atom. The number of imidazole rings is 1. The third kappa shape index (κ3) is 2.11. The van der Waals surface area contributed by atoms with E-state index in [0.29, 0.717) is 11.3 Å². The maximum absolute atomic E-state index is 5.87. The first-order valence-corrected chi connectivity index (χ1v) is 7.24. The first-order valence-electron chi connectivity index (χ1n) is 7.24. The van der Waals surface area contributed by atoms with E-state index in [1.54, 1.807) is 0 Å². The Morgan fingerprint density at radius 3 is 2.68 bits per heavy atom. The molecular weight excluding hydrogens is 234 g/mol. The highest BCUT2D eigenvalue weighted by atomic mass is 15.1. The molecule has 0 bridgehead atoms. The molecule has 1 aliphatic rings.